The molecule has 0 aliphatic heterocycles. The minimum atomic E-state index is 0.889. The van der Waals surface area contributed by atoms with Gasteiger partial charge in [0.05, 0.1) is 16.7 Å². The van der Waals surface area contributed by atoms with E-state index in [4.69, 9.17) is 4.42 Å². The van der Waals surface area contributed by atoms with Crippen LogP contribution in [0.4, 0.5) is 17.1 Å². The van der Waals surface area contributed by atoms with Crippen molar-refractivity contribution in [2.75, 3.05) is 4.90 Å². The maximum Gasteiger partial charge on any atom is 0.143 e. The molecule has 0 fully saturated rings. The van der Waals surface area contributed by atoms with E-state index in [9.17, 15) is 0 Å². The zero-order valence-electron chi connectivity index (χ0n) is 37.7. The molecule has 0 aliphatic carbocycles. The predicted octanol–water partition coefficient (Wildman–Crippen LogP) is 18.5. The van der Waals surface area contributed by atoms with Crippen molar-refractivity contribution in [2.24, 2.45) is 0 Å². The van der Waals surface area contributed by atoms with Gasteiger partial charge in [-0.15, -0.1) is 0 Å². The molecule has 0 atom stereocenters. The summed E-state index contributed by atoms with van der Waals surface area (Å²) in [6, 6.07) is 96.1. The molecule has 3 heteroatoms. The molecule has 0 radical (unpaired) electrons. The van der Waals surface area contributed by atoms with E-state index in [1.54, 1.807) is 0 Å². The van der Waals surface area contributed by atoms with Crippen LogP contribution in [0.25, 0.3) is 105 Å². The molecule has 69 heavy (non-hydrogen) atoms. The Kier molecular flexibility index (Phi) is 9.84. The minimum absolute atomic E-state index is 0.889. The van der Waals surface area contributed by atoms with Crippen LogP contribution < -0.4 is 4.90 Å². The Bertz CT molecular complexity index is 4010. The normalized spacial score (nSPS) is 11.5. The summed E-state index contributed by atoms with van der Waals surface area (Å²) in [5, 5.41) is 4.70. The van der Waals surface area contributed by atoms with Crippen LogP contribution in [-0.2, 0) is 0 Å². The van der Waals surface area contributed by atoms with Crippen LogP contribution in [0.5, 0.6) is 0 Å². The number of nitrogens with zero attached hydrogens (tertiary/aromatic N) is 2. The van der Waals surface area contributed by atoms with Crippen LogP contribution >= 0.6 is 0 Å². The maximum absolute atomic E-state index is 6.60. The number of furan rings is 1. The standard InChI is InChI=1S/C66H44N2O/c1-3-19-46(20-4-1)52-25-7-8-26-54(52)55-27-9-10-28-56(55)57-29-11-14-34-62(57)67(51-24-17-21-48(43-51)53-32-18-33-60-59-31-13-16-36-65(59)69-66(53)60)50-40-37-45(38-41-50)47-39-42-64-61(44-47)58-30-12-15-35-63(58)68(64)49-22-5-2-6-23-49/h1-44H. The molecule has 0 N–H and O–H groups in total. The second-order valence-electron chi connectivity index (χ2n) is 17.6. The van der Waals surface area contributed by atoms with Crippen LogP contribution in [0.15, 0.2) is 271 Å². The summed E-state index contributed by atoms with van der Waals surface area (Å²) in [4.78, 5) is 2.41. The molecule has 324 valence electrons. The molecule has 2 heterocycles. The Hall–Kier alpha value is -9.18. The van der Waals surface area contributed by atoms with Crippen molar-refractivity contribution < 1.29 is 4.42 Å². The van der Waals surface area contributed by atoms with Gasteiger partial charge in [0.2, 0.25) is 0 Å². The summed E-state index contributed by atoms with van der Waals surface area (Å²) < 4.78 is 8.96. The minimum Gasteiger partial charge on any atom is -0.455 e. The van der Waals surface area contributed by atoms with E-state index < -0.39 is 0 Å². The van der Waals surface area contributed by atoms with Gasteiger partial charge in [0.25, 0.3) is 0 Å². The highest BCUT2D eigenvalue weighted by atomic mass is 16.3. The first kappa shape index (κ1) is 40.1. The van der Waals surface area contributed by atoms with E-state index in [0.717, 1.165) is 72.5 Å². The molecular formula is C66H44N2O. The molecule has 3 nitrogen and oxygen atoms in total. The first-order valence-corrected chi connectivity index (χ1v) is 23.6. The van der Waals surface area contributed by atoms with Crippen LogP contribution in [-0.4, -0.2) is 4.57 Å². The van der Waals surface area contributed by atoms with Crippen molar-refractivity contribution in [1.82, 2.24) is 4.57 Å². The molecule has 0 saturated heterocycles. The summed E-state index contributed by atoms with van der Waals surface area (Å²) in [6.45, 7) is 0. The zero-order valence-corrected chi connectivity index (χ0v) is 37.7. The fraction of sp³-hybridized carbons (Fsp3) is 0. The number of hydrogen-bond donors (Lipinski definition) is 0. The summed E-state index contributed by atoms with van der Waals surface area (Å²) in [5.41, 5.74) is 20.0. The predicted molar refractivity (Wildman–Crippen MR) is 290 cm³/mol. The molecule has 0 bridgehead atoms. The number of hydrogen-bond acceptors (Lipinski definition) is 2. The van der Waals surface area contributed by atoms with Gasteiger partial charge in [0, 0.05) is 49.7 Å². The third kappa shape index (κ3) is 6.99. The molecule has 13 aromatic rings. The Morgan fingerprint density at radius 2 is 0.841 bits per heavy atom. The number of benzene rings is 11. The van der Waals surface area contributed by atoms with Crippen LogP contribution in [0.1, 0.15) is 0 Å². The van der Waals surface area contributed by atoms with E-state index in [2.05, 4.69) is 270 Å². The average Bonchev–Trinajstić information content (AvgIpc) is 3.98. The number of rotatable bonds is 9. The van der Waals surface area contributed by atoms with E-state index >= 15 is 0 Å². The lowest BCUT2D eigenvalue weighted by molar-refractivity contribution is 0.670. The van der Waals surface area contributed by atoms with Gasteiger partial charge in [-0.1, -0.05) is 200 Å². The number of anilines is 3. The van der Waals surface area contributed by atoms with Gasteiger partial charge in [-0.25, -0.2) is 0 Å². The van der Waals surface area contributed by atoms with Gasteiger partial charge in [0.15, 0.2) is 0 Å². The first-order valence-electron chi connectivity index (χ1n) is 23.6. The quantitative estimate of drug-likeness (QED) is 0.144. The van der Waals surface area contributed by atoms with Crippen LogP contribution in [0.3, 0.4) is 0 Å². The molecule has 13 rings (SSSR count). The highest BCUT2D eigenvalue weighted by molar-refractivity contribution is 6.11. The van der Waals surface area contributed by atoms with Crippen molar-refractivity contribution in [3.63, 3.8) is 0 Å². The van der Waals surface area contributed by atoms with Gasteiger partial charge in [-0.2, -0.15) is 0 Å². The zero-order chi connectivity index (χ0) is 45.7. The van der Waals surface area contributed by atoms with Gasteiger partial charge in [0.1, 0.15) is 11.2 Å². The monoisotopic (exact) mass is 880 g/mol. The molecule has 0 unspecified atom stereocenters. The van der Waals surface area contributed by atoms with E-state index in [1.807, 2.05) is 6.07 Å². The highest BCUT2D eigenvalue weighted by Gasteiger charge is 2.22. The SMILES string of the molecule is c1ccc(-c2ccccc2-c2ccccc2-c2ccccc2N(c2ccc(-c3ccc4c(c3)c3ccccc3n4-c3ccccc3)cc2)c2cccc(-c3cccc4c3oc3ccccc34)c2)cc1. The molecule has 0 saturated carbocycles. The van der Waals surface area contributed by atoms with E-state index in [0.29, 0.717) is 0 Å². The number of aromatic nitrogens is 1. The van der Waals surface area contributed by atoms with Crippen molar-refractivity contribution in [2.45, 2.75) is 0 Å². The second kappa shape index (κ2) is 16.9. The molecule has 0 amide bonds. The maximum atomic E-state index is 6.60. The topological polar surface area (TPSA) is 21.3 Å². The Labute approximate surface area is 401 Å². The van der Waals surface area contributed by atoms with E-state index in [1.165, 1.54) is 49.6 Å². The molecular weight excluding hydrogens is 837 g/mol. The lowest BCUT2D eigenvalue weighted by Gasteiger charge is -2.29. The van der Waals surface area contributed by atoms with E-state index in [-0.39, 0.29) is 0 Å². The van der Waals surface area contributed by atoms with Gasteiger partial charge in [-0.05, 0) is 111 Å². The molecule has 2 aromatic heterocycles. The van der Waals surface area contributed by atoms with Crippen molar-refractivity contribution in [1.29, 1.82) is 0 Å². The third-order valence-corrected chi connectivity index (χ3v) is 13.6. The summed E-state index contributed by atoms with van der Waals surface area (Å²) >= 11 is 0. The lowest BCUT2D eigenvalue weighted by atomic mass is 9.88. The summed E-state index contributed by atoms with van der Waals surface area (Å²) in [6.07, 6.45) is 0. The first-order chi connectivity index (χ1) is 34.2. The lowest BCUT2D eigenvalue weighted by Crippen LogP contribution is -2.11. The Balaban J connectivity index is 0.972. The summed E-state index contributed by atoms with van der Waals surface area (Å²) in [5.74, 6) is 0. The number of para-hydroxylation sites is 5. The van der Waals surface area contributed by atoms with Crippen molar-refractivity contribution >= 4 is 60.8 Å². The molecule has 11 aromatic carbocycles. The largest absolute Gasteiger partial charge is 0.455 e. The second-order valence-corrected chi connectivity index (χ2v) is 17.6. The van der Waals surface area contributed by atoms with Crippen molar-refractivity contribution in [3.8, 4) is 61.3 Å². The van der Waals surface area contributed by atoms with Gasteiger partial charge in [-0.3, -0.25) is 0 Å². The third-order valence-electron chi connectivity index (χ3n) is 13.6. The smallest absolute Gasteiger partial charge is 0.143 e. The fourth-order valence-electron chi connectivity index (χ4n) is 10.5. The van der Waals surface area contributed by atoms with Crippen LogP contribution in [0.2, 0.25) is 0 Å². The van der Waals surface area contributed by atoms with Crippen molar-refractivity contribution in [3.05, 3.63) is 267 Å². The summed E-state index contributed by atoms with van der Waals surface area (Å²) in [7, 11) is 0. The highest BCUT2D eigenvalue weighted by Crippen LogP contribution is 2.47. The Morgan fingerprint density at radius 3 is 1.64 bits per heavy atom. The molecule has 0 aliphatic rings. The van der Waals surface area contributed by atoms with Gasteiger partial charge >= 0.3 is 0 Å². The Morgan fingerprint density at radius 1 is 0.290 bits per heavy atom. The molecule has 0 spiro atoms. The fourth-order valence-corrected chi connectivity index (χ4v) is 10.5. The average molecular weight is 881 g/mol. The number of fused-ring (bicyclic) bond motifs is 6. The van der Waals surface area contributed by atoms with Crippen LogP contribution in [0, 0.1) is 0 Å². The van der Waals surface area contributed by atoms with Gasteiger partial charge < -0.3 is 13.9 Å².